The van der Waals surface area contributed by atoms with Crippen molar-refractivity contribution in [3.05, 3.63) is 46.7 Å². The maximum Gasteiger partial charge on any atom is 0.339 e. The van der Waals surface area contributed by atoms with E-state index in [1.165, 1.54) is 13.2 Å². The predicted octanol–water partition coefficient (Wildman–Crippen LogP) is 2.29. The number of aromatic carboxylic acids is 1. The topological polar surface area (TPSA) is 64.4 Å². The summed E-state index contributed by atoms with van der Waals surface area (Å²) in [5.41, 5.74) is 1.02. The lowest BCUT2D eigenvalue weighted by atomic mass is 10.1. The van der Waals surface area contributed by atoms with Gasteiger partial charge in [0.1, 0.15) is 11.3 Å². The van der Waals surface area contributed by atoms with Crippen LogP contribution in [0, 0.1) is 0 Å². The average Bonchev–Trinajstić information content (AvgIpc) is 2.74. The van der Waals surface area contributed by atoms with Gasteiger partial charge in [0, 0.05) is 6.20 Å². The molecule has 0 amide bonds. The van der Waals surface area contributed by atoms with E-state index in [-0.39, 0.29) is 5.56 Å². The second kappa shape index (κ2) is 5.10. The highest BCUT2D eigenvalue weighted by Crippen LogP contribution is 2.21. The van der Waals surface area contributed by atoms with Gasteiger partial charge in [-0.15, -0.1) is 0 Å². The molecule has 0 spiro atoms. The van der Waals surface area contributed by atoms with Gasteiger partial charge >= 0.3 is 5.97 Å². The van der Waals surface area contributed by atoms with Gasteiger partial charge in [-0.2, -0.15) is 5.10 Å². The van der Waals surface area contributed by atoms with E-state index < -0.39 is 5.97 Å². The second-order valence-corrected chi connectivity index (χ2v) is 4.13. The molecule has 0 fully saturated rings. The van der Waals surface area contributed by atoms with Gasteiger partial charge in [-0.1, -0.05) is 17.7 Å². The molecule has 0 aliphatic heterocycles. The minimum absolute atomic E-state index is 0.139. The molecule has 1 heterocycles. The van der Waals surface area contributed by atoms with Crippen LogP contribution in [0.2, 0.25) is 5.02 Å². The molecule has 94 valence electrons. The van der Waals surface area contributed by atoms with Crippen molar-refractivity contribution < 1.29 is 14.6 Å². The first-order chi connectivity index (χ1) is 8.60. The van der Waals surface area contributed by atoms with Gasteiger partial charge in [-0.05, 0) is 17.7 Å². The van der Waals surface area contributed by atoms with Crippen molar-refractivity contribution in [2.24, 2.45) is 0 Å². The summed E-state index contributed by atoms with van der Waals surface area (Å²) in [6.45, 7) is 0.503. The summed E-state index contributed by atoms with van der Waals surface area (Å²) in [5, 5.41) is 13.6. The van der Waals surface area contributed by atoms with Crippen LogP contribution < -0.4 is 4.74 Å². The predicted molar refractivity (Wildman–Crippen MR) is 66.3 cm³/mol. The third-order valence-electron chi connectivity index (χ3n) is 2.44. The number of carbonyl (C=O) groups is 1. The summed E-state index contributed by atoms with van der Waals surface area (Å²) in [5.74, 6) is -0.682. The number of hydrogen-bond donors (Lipinski definition) is 1. The number of ether oxygens (including phenoxy) is 1. The molecule has 2 aromatic rings. The van der Waals surface area contributed by atoms with Crippen molar-refractivity contribution >= 4 is 17.6 Å². The molecule has 1 aromatic heterocycles. The molecule has 5 nitrogen and oxygen atoms in total. The quantitative estimate of drug-likeness (QED) is 0.922. The summed E-state index contributed by atoms with van der Waals surface area (Å²) in [6.07, 6.45) is 3.24. The lowest BCUT2D eigenvalue weighted by Gasteiger charge is -2.08. The molecule has 2 rings (SSSR count). The van der Waals surface area contributed by atoms with E-state index in [1.807, 2.05) is 0 Å². The van der Waals surface area contributed by atoms with Crippen LogP contribution in [0.4, 0.5) is 0 Å². The van der Waals surface area contributed by atoms with E-state index in [2.05, 4.69) is 5.10 Å². The second-order valence-electron chi connectivity index (χ2n) is 3.70. The number of methoxy groups -OCH3 is 1. The average molecular weight is 267 g/mol. The number of hydrogen-bond acceptors (Lipinski definition) is 3. The Labute approximate surface area is 109 Å². The van der Waals surface area contributed by atoms with Crippen molar-refractivity contribution in [1.29, 1.82) is 0 Å². The summed E-state index contributed by atoms with van der Waals surface area (Å²) in [4.78, 5) is 10.9. The van der Waals surface area contributed by atoms with Crippen LogP contribution >= 0.6 is 11.6 Å². The zero-order valence-corrected chi connectivity index (χ0v) is 10.4. The van der Waals surface area contributed by atoms with Gasteiger partial charge in [0.05, 0.1) is 24.9 Å². The van der Waals surface area contributed by atoms with E-state index in [1.54, 1.807) is 29.2 Å². The minimum atomic E-state index is -1.01. The van der Waals surface area contributed by atoms with E-state index in [0.29, 0.717) is 17.3 Å². The standard InChI is InChI=1S/C12H11ClN2O3/c1-18-11-4-8(2-3-10(11)12(16)17)6-15-7-9(13)5-14-15/h2-5,7H,6H2,1H3,(H,16,17). The number of nitrogens with zero attached hydrogens (tertiary/aromatic N) is 2. The van der Waals surface area contributed by atoms with Gasteiger partial charge in [0.15, 0.2) is 0 Å². The number of halogens is 1. The fraction of sp³-hybridized carbons (Fsp3) is 0.167. The highest BCUT2D eigenvalue weighted by molar-refractivity contribution is 6.30. The Morgan fingerprint density at radius 1 is 1.56 bits per heavy atom. The Balaban J connectivity index is 2.27. The Kier molecular flexibility index (Phi) is 3.53. The normalized spacial score (nSPS) is 10.3. The maximum absolute atomic E-state index is 10.9. The van der Waals surface area contributed by atoms with Crippen molar-refractivity contribution in [2.75, 3.05) is 7.11 Å². The van der Waals surface area contributed by atoms with Crippen LogP contribution in [0.5, 0.6) is 5.75 Å². The lowest BCUT2D eigenvalue weighted by Crippen LogP contribution is -2.04. The van der Waals surface area contributed by atoms with Crippen molar-refractivity contribution in [1.82, 2.24) is 9.78 Å². The van der Waals surface area contributed by atoms with Crippen LogP contribution in [-0.4, -0.2) is 28.0 Å². The van der Waals surface area contributed by atoms with Gasteiger partial charge in [0.25, 0.3) is 0 Å². The van der Waals surface area contributed by atoms with E-state index >= 15 is 0 Å². The molecule has 0 bridgehead atoms. The van der Waals surface area contributed by atoms with Gasteiger partial charge < -0.3 is 9.84 Å². The van der Waals surface area contributed by atoms with Crippen molar-refractivity contribution in [3.63, 3.8) is 0 Å². The van der Waals surface area contributed by atoms with E-state index in [4.69, 9.17) is 21.4 Å². The van der Waals surface area contributed by atoms with Crippen LogP contribution in [0.25, 0.3) is 0 Å². The zero-order valence-electron chi connectivity index (χ0n) is 9.63. The molecular weight excluding hydrogens is 256 g/mol. The summed E-state index contributed by atoms with van der Waals surface area (Å²) < 4.78 is 6.72. The number of aromatic nitrogens is 2. The number of carboxylic acid groups (broad SMARTS) is 1. The lowest BCUT2D eigenvalue weighted by molar-refractivity contribution is 0.0693. The SMILES string of the molecule is COc1cc(Cn2cc(Cl)cn2)ccc1C(=O)O. The first-order valence-corrected chi connectivity index (χ1v) is 5.56. The number of carboxylic acids is 1. The fourth-order valence-electron chi connectivity index (χ4n) is 1.62. The Bertz CT molecular complexity index is 580. The van der Waals surface area contributed by atoms with Crippen LogP contribution in [0.1, 0.15) is 15.9 Å². The largest absolute Gasteiger partial charge is 0.496 e. The molecule has 6 heteroatoms. The smallest absolute Gasteiger partial charge is 0.339 e. The Morgan fingerprint density at radius 2 is 2.33 bits per heavy atom. The molecule has 0 atom stereocenters. The third kappa shape index (κ3) is 2.62. The molecule has 0 unspecified atom stereocenters. The summed E-state index contributed by atoms with van der Waals surface area (Å²) >= 11 is 5.77. The van der Waals surface area contributed by atoms with Gasteiger partial charge in [0.2, 0.25) is 0 Å². The molecule has 1 aromatic carbocycles. The zero-order chi connectivity index (χ0) is 13.1. The molecule has 0 saturated heterocycles. The monoisotopic (exact) mass is 266 g/mol. The van der Waals surface area contributed by atoms with Gasteiger partial charge in [-0.25, -0.2) is 4.79 Å². The fourth-order valence-corrected chi connectivity index (χ4v) is 1.78. The molecule has 0 saturated carbocycles. The molecule has 18 heavy (non-hydrogen) atoms. The summed E-state index contributed by atoms with van der Waals surface area (Å²) in [7, 11) is 1.44. The Morgan fingerprint density at radius 3 is 2.89 bits per heavy atom. The van der Waals surface area contributed by atoms with E-state index in [9.17, 15) is 4.79 Å². The third-order valence-corrected chi connectivity index (χ3v) is 2.64. The first kappa shape index (κ1) is 12.4. The minimum Gasteiger partial charge on any atom is -0.496 e. The number of rotatable bonds is 4. The molecule has 1 N–H and O–H groups in total. The highest BCUT2D eigenvalue weighted by Gasteiger charge is 2.11. The molecule has 0 aliphatic rings. The van der Waals surface area contributed by atoms with Crippen molar-refractivity contribution in [2.45, 2.75) is 6.54 Å². The van der Waals surface area contributed by atoms with Gasteiger partial charge in [-0.3, -0.25) is 4.68 Å². The van der Waals surface area contributed by atoms with Crippen LogP contribution in [-0.2, 0) is 6.54 Å². The van der Waals surface area contributed by atoms with Crippen LogP contribution in [0.15, 0.2) is 30.6 Å². The number of benzene rings is 1. The van der Waals surface area contributed by atoms with E-state index in [0.717, 1.165) is 5.56 Å². The maximum atomic E-state index is 10.9. The summed E-state index contributed by atoms with van der Waals surface area (Å²) in [6, 6.07) is 4.92. The highest BCUT2D eigenvalue weighted by atomic mass is 35.5. The van der Waals surface area contributed by atoms with Crippen molar-refractivity contribution in [3.8, 4) is 5.75 Å². The molecular formula is C12H11ClN2O3. The molecule has 0 radical (unpaired) electrons. The first-order valence-electron chi connectivity index (χ1n) is 5.18. The Hall–Kier alpha value is -2.01. The molecule has 0 aliphatic carbocycles. The van der Waals surface area contributed by atoms with Crippen LogP contribution in [0.3, 0.4) is 0 Å².